The molecule has 1 fully saturated rings. The lowest BCUT2D eigenvalue weighted by Crippen LogP contribution is -2.44. The maximum atomic E-state index is 12.8. The Kier molecular flexibility index (Phi) is 6.42. The zero-order valence-corrected chi connectivity index (χ0v) is 20.5. The van der Waals surface area contributed by atoms with Crippen LogP contribution in [-0.4, -0.2) is 53.4 Å². The lowest BCUT2D eigenvalue weighted by atomic mass is 10.1. The molecule has 35 heavy (non-hydrogen) atoms. The summed E-state index contributed by atoms with van der Waals surface area (Å²) < 4.78 is 7.89. The molecule has 1 aliphatic heterocycles. The third-order valence-corrected chi connectivity index (χ3v) is 6.53. The van der Waals surface area contributed by atoms with E-state index in [2.05, 4.69) is 40.1 Å². The zero-order chi connectivity index (χ0) is 24.4. The van der Waals surface area contributed by atoms with Crippen LogP contribution in [0, 0.1) is 13.8 Å². The van der Waals surface area contributed by atoms with Gasteiger partial charge in [0, 0.05) is 55.5 Å². The highest BCUT2D eigenvalue weighted by atomic mass is 16.5. The number of aryl methyl sites for hydroxylation is 2. The number of nitrogens with zero attached hydrogens (tertiary/aromatic N) is 4. The number of anilines is 2. The maximum Gasteiger partial charge on any atom is 0.255 e. The number of benzene rings is 2. The van der Waals surface area contributed by atoms with Crippen LogP contribution in [0.3, 0.4) is 0 Å². The van der Waals surface area contributed by atoms with Crippen molar-refractivity contribution in [1.82, 2.24) is 14.3 Å². The van der Waals surface area contributed by atoms with Gasteiger partial charge in [0.25, 0.3) is 5.91 Å². The van der Waals surface area contributed by atoms with Crippen LogP contribution in [0.1, 0.15) is 27.2 Å². The van der Waals surface area contributed by atoms with Crippen molar-refractivity contribution in [2.24, 2.45) is 0 Å². The van der Waals surface area contributed by atoms with Gasteiger partial charge in [0.1, 0.15) is 18.0 Å². The first kappa shape index (κ1) is 22.9. The number of imidazole rings is 1. The third-order valence-electron chi connectivity index (χ3n) is 6.53. The highest BCUT2D eigenvalue weighted by molar-refractivity contribution is 6.04. The first-order chi connectivity index (χ1) is 17.0. The molecule has 1 aliphatic rings. The van der Waals surface area contributed by atoms with Crippen molar-refractivity contribution in [2.45, 2.75) is 20.5 Å². The smallest absolute Gasteiger partial charge is 0.255 e. The van der Waals surface area contributed by atoms with Gasteiger partial charge >= 0.3 is 0 Å². The Labute approximate surface area is 206 Å². The molecule has 0 bridgehead atoms. The highest BCUT2D eigenvalue weighted by Crippen LogP contribution is 2.25. The second-order valence-electron chi connectivity index (χ2n) is 9.21. The predicted molar refractivity (Wildman–Crippen MR) is 140 cm³/mol. The Balaban J connectivity index is 1.18. The van der Waals surface area contributed by atoms with Crippen LogP contribution in [0.5, 0.6) is 5.75 Å². The number of amides is 1. The number of carbonyl (C=O) groups is 1. The van der Waals surface area contributed by atoms with Gasteiger partial charge in [0.15, 0.2) is 0 Å². The molecule has 3 heterocycles. The van der Waals surface area contributed by atoms with Crippen molar-refractivity contribution in [3.63, 3.8) is 0 Å². The van der Waals surface area contributed by atoms with Crippen molar-refractivity contribution in [1.29, 1.82) is 0 Å². The fourth-order valence-corrected chi connectivity index (χ4v) is 4.47. The first-order valence-electron chi connectivity index (χ1n) is 12.0. The summed E-state index contributed by atoms with van der Waals surface area (Å²) in [5, 5.41) is 3.01. The molecule has 1 amide bonds. The quantitative estimate of drug-likeness (QED) is 0.449. The van der Waals surface area contributed by atoms with E-state index in [1.807, 2.05) is 60.1 Å². The summed E-state index contributed by atoms with van der Waals surface area (Å²) in [6.07, 6.45) is 3.95. The van der Waals surface area contributed by atoms with E-state index in [9.17, 15) is 4.79 Å². The summed E-state index contributed by atoms with van der Waals surface area (Å²) in [5.41, 5.74) is 6.70. The number of rotatable bonds is 6. The fourth-order valence-electron chi connectivity index (χ4n) is 4.47. The summed E-state index contributed by atoms with van der Waals surface area (Å²) in [6.45, 7) is 8.68. The van der Waals surface area contributed by atoms with E-state index in [0.717, 1.165) is 48.8 Å². The fraction of sp³-hybridized carbons (Fsp3) is 0.286. The van der Waals surface area contributed by atoms with E-state index in [1.54, 1.807) is 12.1 Å². The average Bonchev–Trinajstić information content (AvgIpc) is 3.29. The van der Waals surface area contributed by atoms with E-state index in [-0.39, 0.29) is 5.91 Å². The monoisotopic (exact) mass is 469 g/mol. The van der Waals surface area contributed by atoms with E-state index in [1.165, 1.54) is 11.3 Å². The topological polar surface area (TPSA) is 62.1 Å². The SMILES string of the molecule is Cc1cc(NC(=O)c2ccc(OCc3cn4cccc(C)c4n3)cc2)ccc1N1CCN(C)CC1. The van der Waals surface area contributed by atoms with Crippen LogP contribution in [0.15, 0.2) is 67.0 Å². The number of pyridine rings is 1. The van der Waals surface area contributed by atoms with Crippen LogP contribution in [0.2, 0.25) is 0 Å². The van der Waals surface area contributed by atoms with Crippen LogP contribution in [0.25, 0.3) is 5.65 Å². The van der Waals surface area contributed by atoms with Gasteiger partial charge in [-0.2, -0.15) is 0 Å². The molecule has 1 N–H and O–H groups in total. The van der Waals surface area contributed by atoms with E-state index in [4.69, 9.17) is 4.74 Å². The molecule has 1 saturated heterocycles. The van der Waals surface area contributed by atoms with Crippen LogP contribution >= 0.6 is 0 Å². The number of likely N-dealkylation sites (N-methyl/N-ethyl adjacent to an activating group) is 1. The summed E-state index contributed by atoms with van der Waals surface area (Å²) in [7, 11) is 2.16. The van der Waals surface area contributed by atoms with Gasteiger partial charge in [-0.3, -0.25) is 4.79 Å². The number of fused-ring (bicyclic) bond motifs is 1. The van der Waals surface area contributed by atoms with Gasteiger partial charge in [-0.25, -0.2) is 4.98 Å². The number of piperazine rings is 1. The summed E-state index contributed by atoms with van der Waals surface area (Å²) in [6, 6.07) is 17.4. The Bertz CT molecular complexity index is 1340. The Morgan fingerprint density at radius 2 is 1.77 bits per heavy atom. The molecule has 0 unspecified atom stereocenters. The Morgan fingerprint density at radius 1 is 1.00 bits per heavy atom. The second-order valence-corrected chi connectivity index (χ2v) is 9.21. The van der Waals surface area contributed by atoms with E-state index >= 15 is 0 Å². The lowest BCUT2D eigenvalue weighted by molar-refractivity contribution is 0.102. The van der Waals surface area contributed by atoms with E-state index in [0.29, 0.717) is 17.9 Å². The normalized spacial score (nSPS) is 14.3. The minimum Gasteiger partial charge on any atom is -0.487 e. The van der Waals surface area contributed by atoms with Crippen LogP contribution in [0.4, 0.5) is 11.4 Å². The highest BCUT2D eigenvalue weighted by Gasteiger charge is 2.16. The average molecular weight is 470 g/mol. The Morgan fingerprint density at radius 3 is 2.49 bits per heavy atom. The standard InChI is InChI=1S/C28H31N5O2/c1-20-5-4-12-33-18-24(29-27(20)33)19-35-25-9-6-22(7-10-25)28(34)30-23-8-11-26(21(2)17-23)32-15-13-31(3)14-16-32/h4-12,17-18H,13-16,19H2,1-3H3,(H,30,34). The molecule has 7 nitrogen and oxygen atoms in total. The van der Waals surface area contributed by atoms with Crippen molar-refractivity contribution in [2.75, 3.05) is 43.4 Å². The van der Waals surface area contributed by atoms with Crippen LogP contribution < -0.4 is 15.0 Å². The minimum atomic E-state index is -0.140. The molecule has 2 aromatic heterocycles. The van der Waals surface area contributed by atoms with Crippen molar-refractivity contribution in [3.8, 4) is 5.75 Å². The largest absolute Gasteiger partial charge is 0.487 e. The van der Waals surface area contributed by atoms with Crippen molar-refractivity contribution in [3.05, 3.63) is 89.4 Å². The maximum absolute atomic E-state index is 12.8. The van der Waals surface area contributed by atoms with Gasteiger partial charge in [-0.05, 0) is 80.6 Å². The third kappa shape index (κ3) is 5.15. The molecule has 7 heteroatoms. The number of ether oxygens (including phenoxy) is 1. The number of hydrogen-bond donors (Lipinski definition) is 1. The molecule has 0 radical (unpaired) electrons. The van der Waals surface area contributed by atoms with Gasteiger partial charge in [-0.15, -0.1) is 0 Å². The number of aromatic nitrogens is 2. The summed E-state index contributed by atoms with van der Waals surface area (Å²) >= 11 is 0. The molecule has 5 rings (SSSR count). The minimum absolute atomic E-state index is 0.140. The van der Waals surface area contributed by atoms with Crippen molar-refractivity contribution < 1.29 is 9.53 Å². The second kappa shape index (κ2) is 9.80. The zero-order valence-electron chi connectivity index (χ0n) is 20.5. The first-order valence-corrected chi connectivity index (χ1v) is 12.0. The molecule has 0 saturated carbocycles. The summed E-state index contributed by atoms with van der Waals surface area (Å²) in [5.74, 6) is 0.557. The molecule has 0 aliphatic carbocycles. The molecule has 4 aromatic rings. The number of hydrogen-bond acceptors (Lipinski definition) is 5. The predicted octanol–water partition coefficient (Wildman–Crippen LogP) is 4.53. The summed E-state index contributed by atoms with van der Waals surface area (Å²) in [4.78, 5) is 22.2. The van der Waals surface area contributed by atoms with Gasteiger partial charge in [0.2, 0.25) is 0 Å². The molecular formula is C28H31N5O2. The number of nitrogens with one attached hydrogen (secondary N) is 1. The molecule has 0 atom stereocenters. The lowest BCUT2D eigenvalue weighted by Gasteiger charge is -2.35. The van der Waals surface area contributed by atoms with Crippen molar-refractivity contribution >= 4 is 22.9 Å². The molecule has 2 aromatic carbocycles. The van der Waals surface area contributed by atoms with Gasteiger partial charge in [0.05, 0.1) is 5.69 Å². The van der Waals surface area contributed by atoms with E-state index < -0.39 is 0 Å². The van der Waals surface area contributed by atoms with Crippen LogP contribution in [-0.2, 0) is 6.61 Å². The number of carbonyl (C=O) groups excluding carboxylic acids is 1. The molecule has 0 spiro atoms. The van der Waals surface area contributed by atoms with Gasteiger partial charge < -0.3 is 24.3 Å². The molecule has 180 valence electrons. The molecular weight excluding hydrogens is 438 g/mol. The van der Waals surface area contributed by atoms with Gasteiger partial charge in [-0.1, -0.05) is 6.07 Å². The Hall–Kier alpha value is -3.84.